The smallest absolute Gasteiger partial charge is 0.241 e. The lowest BCUT2D eigenvalue weighted by atomic mass is 10.2. The Morgan fingerprint density at radius 2 is 2.13 bits per heavy atom. The van der Waals surface area contributed by atoms with Crippen LogP contribution in [0.5, 0.6) is 0 Å². The summed E-state index contributed by atoms with van der Waals surface area (Å²) in [6.45, 7) is 0.178. The van der Waals surface area contributed by atoms with Crippen LogP contribution in [0.3, 0.4) is 0 Å². The number of rotatable bonds is 6. The normalized spacial score (nSPS) is 14.8. The second-order valence-corrected chi connectivity index (χ2v) is 6.81. The van der Waals surface area contributed by atoms with Crippen LogP contribution in [0.15, 0.2) is 29.9 Å². The van der Waals surface area contributed by atoms with E-state index in [1.807, 2.05) is 17.5 Å². The van der Waals surface area contributed by atoms with Crippen molar-refractivity contribution in [2.75, 3.05) is 5.32 Å². The molecule has 6 nitrogen and oxygen atoms in total. The third-order valence-electron chi connectivity index (χ3n) is 3.86. The van der Waals surface area contributed by atoms with Crippen molar-refractivity contribution >= 4 is 28.8 Å². The minimum atomic E-state index is -0.0811. The number of hydrogen-bond donors (Lipinski definition) is 2. The van der Waals surface area contributed by atoms with Crippen molar-refractivity contribution in [1.82, 2.24) is 15.1 Å². The Morgan fingerprint density at radius 3 is 2.87 bits per heavy atom. The van der Waals surface area contributed by atoms with E-state index in [1.54, 1.807) is 28.4 Å². The summed E-state index contributed by atoms with van der Waals surface area (Å²) in [7, 11) is 0. The predicted molar refractivity (Wildman–Crippen MR) is 89.3 cm³/mol. The van der Waals surface area contributed by atoms with E-state index >= 15 is 0 Å². The van der Waals surface area contributed by atoms with Crippen molar-refractivity contribution in [3.05, 3.63) is 34.8 Å². The van der Waals surface area contributed by atoms with Gasteiger partial charge in [-0.15, -0.1) is 11.3 Å². The number of nitrogens with one attached hydrogen (secondary N) is 2. The van der Waals surface area contributed by atoms with Gasteiger partial charge in [-0.25, -0.2) is 0 Å². The van der Waals surface area contributed by atoms with Crippen LogP contribution in [0.25, 0.3) is 0 Å². The molecule has 0 radical (unpaired) electrons. The van der Waals surface area contributed by atoms with Gasteiger partial charge in [0, 0.05) is 17.1 Å². The summed E-state index contributed by atoms with van der Waals surface area (Å²) in [6, 6.07) is 4.16. The highest BCUT2D eigenvalue weighted by Gasteiger charge is 2.17. The molecule has 0 saturated heterocycles. The second kappa shape index (κ2) is 7.41. The highest BCUT2D eigenvalue weighted by atomic mass is 32.1. The molecule has 1 aliphatic rings. The Labute approximate surface area is 138 Å². The van der Waals surface area contributed by atoms with Crippen molar-refractivity contribution in [2.24, 2.45) is 0 Å². The Balaban J connectivity index is 1.47. The van der Waals surface area contributed by atoms with Crippen molar-refractivity contribution < 1.29 is 9.59 Å². The number of anilines is 1. The van der Waals surface area contributed by atoms with Gasteiger partial charge in [0.1, 0.15) is 6.54 Å². The van der Waals surface area contributed by atoms with Gasteiger partial charge < -0.3 is 10.6 Å². The monoisotopic (exact) mass is 332 g/mol. The molecule has 122 valence electrons. The average molecular weight is 332 g/mol. The van der Waals surface area contributed by atoms with Crippen LogP contribution < -0.4 is 10.6 Å². The van der Waals surface area contributed by atoms with Crippen LogP contribution in [0.4, 0.5) is 5.69 Å². The fraction of sp³-hybridized carbons (Fsp3) is 0.438. The van der Waals surface area contributed by atoms with Gasteiger partial charge in [0.05, 0.1) is 18.3 Å². The summed E-state index contributed by atoms with van der Waals surface area (Å²) in [4.78, 5) is 24.9. The topological polar surface area (TPSA) is 76.0 Å². The highest BCUT2D eigenvalue weighted by Crippen LogP contribution is 2.17. The standard InChI is InChI=1S/C16H20N4O2S/c21-15(8-14-6-3-7-23-14)19-13-9-17-20(10-13)11-16(22)18-12-4-1-2-5-12/h3,6-7,9-10,12H,1-2,4-5,8,11H2,(H,18,22)(H,19,21). The summed E-state index contributed by atoms with van der Waals surface area (Å²) in [5.74, 6) is -0.112. The third-order valence-corrected chi connectivity index (χ3v) is 4.73. The van der Waals surface area contributed by atoms with E-state index in [-0.39, 0.29) is 18.4 Å². The van der Waals surface area contributed by atoms with Crippen LogP contribution >= 0.6 is 11.3 Å². The van der Waals surface area contributed by atoms with Crippen molar-refractivity contribution in [2.45, 2.75) is 44.7 Å². The Morgan fingerprint density at radius 1 is 1.30 bits per heavy atom. The number of carbonyl (C=O) groups excluding carboxylic acids is 2. The fourth-order valence-electron chi connectivity index (χ4n) is 2.78. The van der Waals surface area contributed by atoms with E-state index in [1.165, 1.54) is 12.8 Å². The minimum absolute atomic E-state index is 0.0311. The molecule has 2 aromatic heterocycles. The number of carbonyl (C=O) groups is 2. The summed E-state index contributed by atoms with van der Waals surface area (Å²) in [5, 5.41) is 11.9. The maximum Gasteiger partial charge on any atom is 0.241 e. The lowest BCUT2D eigenvalue weighted by Crippen LogP contribution is -2.35. The predicted octanol–water partition coefficient (Wildman–Crippen LogP) is 2.18. The molecule has 0 aromatic carbocycles. The SMILES string of the molecule is O=C(Cc1cccs1)Nc1cnn(CC(=O)NC2CCCC2)c1. The molecule has 0 aliphatic heterocycles. The molecule has 2 heterocycles. The molecule has 0 unspecified atom stereocenters. The van der Waals surface area contributed by atoms with Crippen LogP contribution in [0.1, 0.15) is 30.6 Å². The molecule has 7 heteroatoms. The largest absolute Gasteiger partial charge is 0.352 e. The summed E-state index contributed by atoms with van der Waals surface area (Å²) in [6.07, 6.45) is 8.10. The van der Waals surface area contributed by atoms with E-state index in [0.29, 0.717) is 18.2 Å². The van der Waals surface area contributed by atoms with Crippen LogP contribution in [-0.4, -0.2) is 27.6 Å². The lowest BCUT2D eigenvalue weighted by molar-refractivity contribution is -0.122. The van der Waals surface area contributed by atoms with Crippen LogP contribution in [0, 0.1) is 0 Å². The molecule has 2 N–H and O–H groups in total. The van der Waals surface area contributed by atoms with Gasteiger partial charge in [0.25, 0.3) is 0 Å². The number of amides is 2. The van der Waals surface area contributed by atoms with Crippen LogP contribution in [0.2, 0.25) is 0 Å². The molecule has 23 heavy (non-hydrogen) atoms. The maximum absolute atomic E-state index is 12.0. The quantitative estimate of drug-likeness (QED) is 0.851. The number of aromatic nitrogens is 2. The number of nitrogens with zero attached hydrogens (tertiary/aromatic N) is 2. The first-order valence-electron chi connectivity index (χ1n) is 7.83. The molecule has 1 saturated carbocycles. The van der Waals surface area contributed by atoms with E-state index < -0.39 is 0 Å². The number of thiophene rings is 1. The van der Waals surface area contributed by atoms with Gasteiger partial charge in [-0.05, 0) is 24.3 Å². The molecular weight excluding hydrogens is 312 g/mol. The Hall–Kier alpha value is -2.15. The summed E-state index contributed by atoms with van der Waals surface area (Å²) in [5.41, 5.74) is 0.611. The highest BCUT2D eigenvalue weighted by molar-refractivity contribution is 7.10. The van der Waals surface area contributed by atoms with Crippen molar-refractivity contribution in [3.63, 3.8) is 0 Å². The molecule has 2 amide bonds. The molecular formula is C16H20N4O2S. The maximum atomic E-state index is 12.0. The van der Waals surface area contributed by atoms with E-state index in [4.69, 9.17) is 0 Å². The molecule has 0 bridgehead atoms. The van der Waals surface area contributed by atoms with E-state index in [2.05, 4.69) is 15.7 Å². The molecule has 1 aliphatic carbocycles. The van der Waals surface area contributed by atoms with Gasteiger partial charge in [-0.3, -0.25) is 14.3 Å². The van der Waals surface area contributed by atoms with Gasteiger partial charge in [-0.2, -0.15) is 5.10 Å². The van der Waals surface area contributed by atoms with E-state index in [9.17, 15) is 9.59 Å². The zero-order valence-electron chi connectivity index (χ0n) is 12.8. The van der Waals surface area contributed by atoms with Crippen molar-refractivity contribution in [1.29, 1.82) is 0 Å². The zero-order valence-corrected chi connectivity index (χ0v) is 13.6. The zero-order chi connectivity index (χ0) is 16.1. The van der Waals surface area contributed by atoms with Gasteiger partial charge in [0.2, 0.25) is 11.8 Å². The van der Waals surface area contributed by atoms with Gasteiger partial charge >= 0.3 is 0 Å². The number of hydrogen-bond acceptors (Lipinski definition) is 4. The van der Waals surface area contributed by atoms with Gasteiger partial charge in [0.15, 0.2) is 0 Å². The van der Waals surface area contributed by atoms with Crippen LogP contribution in [-0.2, 0) is 22.6 Å². The second-order valence-electron chi connectivity index (χ2n) is 5.78. The Bertz CT molecular complexity index is 659. The molecule has 0 atom stereocenters. The minimum Gasteiger partial charge on any atom is -0.352 e. The fourth-order valence-corrected chi connectivity index (χ4v) is 3.49. The summed E-state index contributed by atoms with van der Waals surface area (Å²) < 4.78 is 1.55. The van der Waals surface area contributed by atoms with E-state index in [0.717, 1.165) is 17.7 Å². The first-order chi connectivity index (χ1) is 11.2. The van der Waals surface area contributed by atoms with Crippen molar-refractivity contribution in [3.8, 4) is 0 Å². The molecule has 0 spiro atoms. The molecule has 2 aromatic rings. The average Bonchev–Trinajstić information content (AvgIpc) is 3.22. The third kappa shape index (κ3) is 4.66. The first-order valence-corrected chi connectivity index (χ1v) is 8.71. The summed E-state index contributed by atoms with van der Waals surface area (Å²) >= 11 is 1.56. The Kier molecular flexibility index (Phi) is 5.07. The first kappa shape index (κ1) is 15.7. The van der Waals surface area contributed by atoms with Gasteiger partial charge in [-0.1, -0.05) is 18.9 Å². The molecule has 1 fully saturated rings. The lowest BCUT2D eigenvalue weighted by Gasteiger charge is -2.11. The molecule has 3 rings (SSSR count).